The second-order valence-electron chi connectivity index (χ2n) is 5.76. The first-order chi connectivity index (χ1) is 7.89. The monoisotopic (exact) mass is 248 g/mol. The molecule has 1 aromatic carbocycles. The molecule has 94 valence electrons. The van der Waals surface area contributed by atoms with Gasteiger partial charge in [0.15, 0.2) is 0 Å². The zero-order valence-corrected chi connectivity index (χ0v) is 12.2. The summed E-state index contributed by atoms with van der Waals surface area (Å²) in [5.41, 5.74) is 1.30. The molecule has 1 atom stereocenters. The minimum absolute atomic E-state index is 0.537. The number of rotatable bonds is 6. The minimum atomic E-state index is -1.60. The average molecular weight is 248 g/mol. The van der Waals surface area contributed by atoms with E-state index in [0.717, 1.165) is 12.8 Å². The van der Waals surface area contributed by atoms with E-state index < -0.39 is 13.3 Å². The molecule has 0 saturated heterocycles. The van der Waals surface area contributed by atoms with Crippen molar-refractivity contribution in [2.75, 3.05) is 0 Å². The lowest BCUT2D eigenvalue weighted by Gasteiger charge is -2.38. The van der Waals surface area contributed by atoms with Crippen molar-refractivity contribution in [3.63, 3.8) is 0 Å². The van der Waals surface area contributed by atoms with Crippen LogP contribution < -0.4 is 0 Å². The van der Waals surface area contributed by atoms with Gasteiger partial charge in [0.1, 0.15) is 0 Å². The van der Waals surface area contributed by atoms with Gasteiger partial charge in [-0.3, -0.25) is 0 Å². The summed E-state index contributed by atoms with van der Waals surface area (Å²) in [6, 6.07) is 10.4. The standard InChI is InChI=1S/C15H24OSi/c1-5-12-15(16,17(2,3)4)13-11-14-9-7-6-8-10-14/h5-10,16H,1,11-13H2,2-4H3. The predicted molar refractivity (Wildman–Crippen MR) is 77.9 cm³/mol. The van der Waals surface area contributed by atoms with Crippen LogP contribution in [0, 0.1) is 0 Å². The van der Waals surface area contributed by atoms with Gasteiger partial charge in [-0.2, -0.15) is 0 Å². The van der Waals surface area contributed by atoms with Gasteiger partial charge in [-0.15, -0.1) is 6.58 Å². The fourth-order valence-corrected chi connectivity index (χ4v) is 3.65. The molecule has 0 spiro atoms. The summed E-state index contributed by atoms with van der Waals surface area (Å²) in [5.74, 6) is 0. The largest absolute Gasteiger partial charge is 0.393 e. The third-order valence-corrected chi connectivity index (χ3v) is 6.79. The molecule has 1 aromatic rings. The van der Waals surface area contributed by atoms with Crippen LogP contribution in [0.3, 0.4) is 0 Å². The highest BCUT2D eigenvalue weighted by molar-refractivity contribution is 6.78. The zero-order valence-electron chi connectivity index (χ0n) is 11.2. The Morgan fingerprint density at radius 3 is 2.29 bits per heavy atom. The lowest BCUT2D eigenvalue weighted by molar-refractivity contribution is 0.109. The van der Waals surface area contributed by atoms with E-state index in [1.54, 1.807) is 0 Å². The summed E-state index contributed by atoms with van der Waals surface area (Å²) in [5, 5.41) is 10.3. The van der Waals surface area contributed by atoms with Crippen LogP contribution >= 0.6 is 0 Å². The van der Waals surface area contributed by atoms with Crippen molar-refractivity contribution < 1.29 is 5.11 Å². The van der Waals surface area contributed by atoms with E-state index in [4.69, 9.17) is 0 Å². The van der Waals surface area contributed by atoms with Gasteiger partial charge in [0.25, 0.3) is 0 Å². The van der Waals surface area contributed by atoms with E-state index in [9.17, 15) is 5.11 Å². The first-order valence-electron chi connectivity index (χ1n) is 6.26. The Hall–Kier alpha value is -0.863. The Bertz CT molecular complexity index is 353. The third-order valence-electron chi connectivity index (χ3n) is 3.55. The maximum atomic E-state index is 10.8. The van der Waals surface area contributed by atoms with Crippen molar-refractivity contribution in [3.8, 4) is 0 Å². The molecule has 0 heterocycles. The minimum Gasteiger partial charge on any atom is -0.393 e. The van der Waals surface area contributed by atoms with E-state index in [-0.39, 0.29) is 0 Å². The fourth-order valence-electron chi connectivity index (χ4n) is 2.02. The van der Waals surface area contributed by atoms with Gasteiger partial charge in [0, 0.05) is 0 Å². The molecule has 0 saturated carbocycles. The van der Waals surface area contributed by atoms with E-state index >= 15 is 0 Å². The first-order valence-corrected chi connectivity index (χ1v) is 9.76. The van der Waals surface area contributed by atoms with Crippen LogP contribution in [0.15, 0.2) is 43.0 Å². The molecule has 17 heavy (non-hydrogen) atoms. The molecule has 0 fully saturated rings. The second-order valence-corrected chi connectivity index (χ2v) is 11.2. The van der Waals surface area contributed by atoms with Gasteiger partial charge in [-0.25, -0.2) is 0 Å². The molecule has 1 N–H and O–H groups in total. The van der Waals surface area contributed by atoms with Crippen LogP contribution in [-0.4, -0.2) is 18.4 Å². The predicted octanol–water partition coefficient (Wildman–Crippen LogP) is 3.80. The van der Waals surface area contributed by atoms with Crippen molar-refractivity contribution in [2.24, 2.45) is 0 Å². The summed E-state index contributed by atoms with van der Waals surface area (Å²) in [4.78, 5) is 0. The number of hydrogen-bond acceptors (Lipinski definition) is 1. The molecule has 1 unspecified atom stereocenters. The second kappa shape index (κ2) is 5.65. The maximum absolute atomic E-state index is 10.8. The van der Waals surface area contributed by atoms with Crippen molar-refractivity contribution in [3.05, 3.63) is 48.6 Å². The molecule has 0 radical (unpaired) electrons. The lowest BCUT2D eigenvalue weighted by Crippen LogP contribution is -2.52. The van der Waals surface area contributed by atoms with Crippen LogP contribution in [0.4, 0.5) is 0 Å². The van der Waals surface area contributed by atoms with Crippen molar-refractivity contribution in [1.29, 1.82) is 0 Å². The summed E-state index contributed by atoms with van der Waals surface area (Å²) in [7, 11) is -1.60. The van der Waals surface area contributed by atoms with Crippen LogP contribution in [0.2, 0.25) is 19.6 Å². The zero-order chi connectivity index (χ0) is 12.9. The SMILES string of the molecule is C=CCC(O)(CCc1ccccc1)[Si](C)(C)C. The summed E-state index contributed by atoms with van der Waals surface area (Å²) in [6.07, 6.45) is 4.33. The average Bonchev–Trinajstić information content (AvgIpc) is 2.27. The number of aliphatic hydroxyl groups is 1. The van der Waals surface area contributed by atoms with Gasteiger partial charge in [-0.05, 0) is 24.8 Å². The highest BCUT2D eigenvalue weighted by Gasteiger charge is 2.39. The van der Waals surface area contributed by atoms with Crippen LogP contribution in [-0.2, 0) is 6.42 Å². The number of aryl methyl sites for hydroxylation is 1. The van der Waals surface area contributed by atoms with Crippen molar-refractivity contribution in [2.45, 2.75) is 44.1 Å². The fraction of sp³-hybridized carbons (Fsp3) is 0.467. The van der Waals surface area contributed by atoms with Gasteiger partial charge in [0.2, 0.25) is 0 Å². The van der Waals surface area contributed by atoms with Crippen molar-refractivity contribution >= 4 is 8.07 Å². The normalized spacial score (nSPS) is 15.3. The molecule has 1 nitrogen and oxygen atoms in total. The smallest absolute Gasteiger partial charge is 0.0824 e. The van der Waals surface area contributed by atoms with Gasteiger partial charge in [0.05, 0.1) is 13.3 Å². The molecular weight excluding hydrogens is 224 g/mol. The number of benzene rings is 1. The van der Waals surface area contributed by atoms with Gasteiger partial charge < -0.3 is 5.11 Å². The summed E-state index contributed by atoms with van der Waals surface area (Å²) < 4.78 is 0. The molecule has 0 aliphatic rings. The van der Waals surface area contributed by atoms with Gasteiger partial charge in [-0.1, -0.05) is 56.0 Å². The van der Waals surface area contributed by atoms with Crippen LogP contribution in [0.1, 0.15) is 18.4 Å². The lowest BCUT2D eigenvalue weighted by atomic mass is 10.0. The molecular formula is C15H24OSi. The summed E-state index contributed by atoms with van der Waals surface area (Å²) >= 11 is 0. The Balaban J connectivity index is 2.72. The Morgan fingerprint density at radius 1 is 1.24 bits per heavy atom. The molecule has 0 aromatic heterocycles. The van der Waals surface area contributed by atoms with Crippen LogP contribution in [0.25, 0.3) is 0 Å². The van der Waals surface area contributed by atoms with E-state index in [1.165, 1.54) is 5.56 Å². The molecule has 0 aliphatic heterocycles. The van der Waals surface area contributed by atoms with E-state index in [0.29, 0.717) is 6.42 Å². The van der Waals surface area contributed by atoms with Crippen molar-refractivity contribution in [1.82, 2.24) is 0 Å². The maximum Gasteiger partial charge on any atom is 0.0824 e. The molecule has 0 bridgehead atoms. The Kier molecular flexibility index (Phi) is 4.72. The highest BCUT2D eigenvalue weighted by atomic mass is 28.3. The molecule has 0 amide bonds. The topological polar surface area (TPSA) is 20.2 Å². The van der Waals surface area contributed by atoms with E-state index in [2.05, 4.69) is 50.5 Å². The highest BCUT2D eigenvalue weighted by Crippen LogP contribution is 2.29. The van der Waals surface area contributed by atoms with E-state index in [1.807, 2.05) is 12.1 Å². The first kappa shape index (κ1) is 14.2. The molecule has 2 heteroatoms. The molecule has 1 rings (SSSR count). The Morgan fingerprint density at radius 2 is 1.82 bits per heavy atom. The summed E-state index contributed by atoms with van der Waals surface area (Å²) in [6.45, 7) is 10.4. The third kappa shape index (κ3) is 3.82. The quantitative estimate of drug-likeness (QED) is 0.599. The van der Waals surface area contributed by atoms with Crippen LogP contribution in [0.5, 0.6) is 0 Å². The number of hydrogen-bond donors (Lipinski definition) is 1. The Labute approximate surface area is 106 Å². The van der Waals surface area contributed by atoms with Gasteiger partial charge >= 0.3 is 0 Å². The molecule has 0 aliphatic carbocycles.